The largest absolute Gasteiger partial charge is 0.338 e. The van der Waals surface area contributed by atoms with E-state index < -0.39 is 0 Å². The van der Waals surface area contributed by atoms with Gasteiger partial charge in [-0.25, -0.2) is 0 Å². The molecule has 0 spiro atoms. The van der Waals surface area contributed by atoms with E-state index in [1.807, 2.05) is 18.0 Å². The summed E-state index contributed by atoms with van der Waals surface area (Å²) < 4.78 is 1.80. The number of hydrogen-bond donors (Lipinski definition) is 0. The summed E-state index contributed by atoms with van der Waals surface area (Å²) >= 11 is 0. The van der Waals surface area contributed by atoms with Gasteiger partial charge >= 0.3 is 0 Å². The highest BCUT2D eigenvalue weighted by Gasteiger charge is 2.26. The third-order valence-corrected chi connectivity index (χ3v) is 3.36. The second-order valence-corrected chi connectivity index (χ2v) is 5.24. The van der Waals surface area contributed by atoms with E-state index in [2.05, 4.69) is 18.9 Å². The number of nitrogens with zero attached hydrogens (tertiary/aromatic N) is 3. The first kappa shape index (κ1) is 12.1. The van der Waals surface area contributed by atoms with Gasteiger partial charge in [-0.05, 0) is 25.2 Å². The van der Waals surface area contributed by atoms with Crippen LogP contribution in [0.5, 0.6) is 0 Å². The zero-order chi connectivity index (χ0) is 12.4. The van der Waals surface area contributed by atoms with Gasteiger partial charge in [0.2, 0.25) is 0 Å². The van der Waals surface area contributed by atoms with Crippen LogP contribution in [0.25, 0.3) is 0 Å². The van der Waals surface area contributed by atoms with E-state index in [0.717, 1.165) is 19.6 Å². The van der Waals surface area contributed by atoms with Crippen molar-refractivity contribution in [3.05, 3.63) is 18.0 Å². The zero-order valence-corrected chi connectivity index (χ0v) is 10.9. The van der Waals surface area contributed by atoms with E-state index in [4.69, 9.17) is 0 Å². The molecule has 1 aromatic heterocycles. The average Bonchev–Trinajstić information content (AvgIpc) is 2.75. The fourth-order valence-corrected chi connectivity index (χ4v) is 2.66. The lowest BCUT2D eigenvalue weighted by molar-refractivity contribution is 0.0623. The number of piperidine rings is 1. The van der Waals surface area contributed by atoms with Crippen molar-refractivity contribution in [3.63, 3.8) is 0 Å². The van der Waals surface area contributed by atoms with E-state index in [1.165, 1.54) is 6.42 Å². The summed E-state index contributed by atoms with van der Waals surface area (Å²) in [5, 5.41) is 4.16. The fourth-order valence-electron chi connectivity index (χ4n) is 2.66. The summed E-state index contributed by atoms with van der Waals surface area (Å²) in [5.74, 6) is 1.33. The molecule has 2 atom stereocenters. The Labute approximate surface area is 103 Å². The third kappa shape index (κ3) is 2.68. The van der Waals surface area contributed by atoms with Crippen LogP contribution in [0.4, 0.5) is 0 Å². The number of amides is 1. The van der Waals surface area contributed by atoms with Crippen molar-refractivity contribution < 1.29 is 4.79 Å². The zero-order valence-electron chi connectivity index (χ0n) is 10.9. The normalized spacial score (nSPS) is 25.0. The first-order valence-electron chi connectivity index (χ1n) is 6.41. The molecule has 1 fully saturated rings. The van der Waals surface area contributed by atoms with Gasteiger partial charge in [0.15, 0.2) is 0 Å². The monoisotopic (exact) mass is 235 g/mol. The van der Waals surface area contributed by atoms with E-state index in [0.29, 0.717) is 17.4 Å². The van der Waals surface area contributed by atoms with Crippen LogP contribution >= 0.6 is 0 Å². The summed E-state index contributed by atoms with van der Waals surface area (Å²) in [7, 11) is 0. The maximum atomic E-state index is 12.3. The van der Waals surface area contributed by atoms with Crippen LogP contribution in [0.1, 0.15) is 37.6 Å². The van der Waals surface area contributed by atoms with E-state index in [9.17, 15) is 4.79 Å². The molecule has 1 aromatic rings. The number of aromatic nitrogens is 2. The standard InChI is InChI=1S/C13H21N3O/c1-4-16-9-12(6-14-16)13(17)15-7-10(2)5-11(3)8-15/h6,9-11H,4-5,7-8H2,1-3H3/t10-,11-/m1/s1. The Bertz CT molecular complexity index is 389. The minimum absolute atomic E-state index is 0.128. The van der Waals surface area contributed by atoms with Crippen molar-refractivity contribution >= 4 is 5.91 Å². The van der Waals surface area contributed by atoms with Gasteiger partial charge in [-0.2, -0.15) is 5.10 Å². The Hall–Kier alpha value is -1.32. The number of carbonyl (C=O) groups is 1. The number of hydrogen-bond acceptors (Lipinski definition) is 2. The molecule has 0 unspecified atom stereocenters. The van der Waals surface area contributed by atoms with Crippen LogP contribution in [0, 0.1) is 11.8 Å². The molecule has 2 rings (SSSR count). The third-order valence-electron chi connectivity index (χ3n) is 3.36. The van der Waals surface area contributed by atoms with Crippen molar-refractivity contribution in [3.8, 4) is 0 Å². The van der Waals surface area contributed by atoms with E-state index in [1.54, 1.807) is 10.9 Å². The SMILES string of the molecule is CCn1cc(C(=O)N2C[C@H](C)C[C@@H](C)C2)cn1. The van der Waals surface area contributed by atoms with Gasteiger partial charge in [0.05, 0.1) is 11.8 Å². The van der Waals surface area contributed by atoms with E-state index in [-0.39, 0.29) is 5.91 Å². The molecule has 1 amide bonds. The Kier molecular flexibility index (Phi) is 3.50. The highest BCUT2D eigenvalue weighted by molar-refractivity contribution is 5.93. The van der Waals surface area contributed by atoms with Gasteiger partial charge < -0.3 is 4.90 Å². The summed E-state index contributed by atoms with van der Waals surface area (Å²) in [6.45, 7) is 9.00. The average molecular weight is 235 g/mol. The van der Waals surface area contributed by atoms with Crippen LogP contribution in [0.3, 0.4) is 0 Å². The quantitative estimate of drug-likeness (QED) is 0.786. The van der Waals surface area contributed by atoms with Crippen molar-refractivity contribution in [2.24, 2.45) is 11.8 Å². The Balaban J connectivity index is 2.08. The Morgan fingerprint density at radius 1 is 1.41 bits per heavy atom. The molecule has 0 bridgehead atoms. The minimum atomic E-state index is 0.128. The molecular formula is C13H21N3O. The minimum Gasteiger partial charge on any atom is -0.338 e. The summed E-state index contributed by atoms with van der Waals surface area (Å²) in [6, 6.07) is 0. The van der Waals surface area contributed by atoms with Crippen molar-refractivity contribution in [2.45, 2.75) is 33.7 Å². The molecule has 0 N–H and O–H groups in total. The lowest BCUT2D eigenvalue weighted by Crippen LogP contribution is -2.42. The molecule has 2 heterocycles. The van der Waals surface area contributed by atoms with Crippen LogP contribution < -0.4 is 0 Å². The second-order valence-electron chi connectivity index (χ2n) is 5.24. The smallest absolute Gasteiger partial charge is 0.257 e. The van der Waals surface area contributed by atoms with Crippen molar-refractivity contribution in [2.75, 3.05) is 13.1 Å². The van der Waals surface area contributed by atoms with Gasteiger partial charge in [0.1, 0.15) is 0 Å². The number of carbonyl (C=O) groups excluding carboxylic acids is 1. The molecule has 4 nitrogen and oxygen atoms in total. The summed E-state index contributed by atoms with van der Waals surface area (Å²) in [4.78, 5) is 14.3. The number of likely N-dealkylation sites (tertiary alicyclic amines) is 1. The van der Waals surface area contributed by atoms with Crippen LogP contribution in [-0.4, -0.2) is 33.7 Å². The highest BCUT2D eigenvalue weighted by atomic mass is 16.2. The molecule has 1 aliphatic rings. The van der Waals surface area contributed by atoms with Gasteiger partial charge in [0, 0.05) is 25.8 Å². The molecule has 94 valence electrons. The highest BCUT2D eigenvalue weighted by Crippen LogP contribution is 2.22. The lowest BCUT2D eigenvalue weighted by atomic mass is 9.91. The Morgan fingerprint density at radius 3 is 2.59 bits per heavy atom. The van der Waals surface area contributed by atoms with Crippen LogP contribution in [0.2, 0.25) is 0 Å². The molecule has 4 heteroatoms. The first-order chi connectivity index (χ1) is 8.10. The molecule has 0 aliphatic carbocycles. The van der Waals surface area contributed by atoms with E-state index >= 15 is 0 Å². The van der Waals surface area contributed by atoms with Crippen LogP contribution in [-0.2, 0) is 6.54 Å². The number of aryl methyl sites for hydroxylation is 1. The summed E-state index contributed by atoms with van der Waals surface area (Å²) in [5.41, 5.74) is 0.716. The topological polar surface area (TPSA) is 38.1 Å². The van der Waals surface area contributed by atoms with Crippen molar-refractivity contribution in [1.82, 2.24) is 14.7 Å². The molecule has 0 saturated carbocycles. The van der Waals surface area contributed by atoms with Crippen LogP contribution in [0.15, 0.2) is 12.4 Å². The molecular weight excluding hydrogens is 214 g/mol. The van der Waals surface area contributed by atoms with Crippen molar-refractivity contribution in [1.29, 1.82) is 0 Å². The molecule has 0 aromatic carbocycles. The molecule has 17 heavy (non-hydrogen) atoms. The maximum absolute atomic E-state index is 12.3. The summed E-state index contributed by atoms with van der Waals surface area (Å²) in [6.07, 6.45) is 4.74. The molecule has 1 aliphatic heterocycles. The second kappa shape index (κ2) is 4.90. The number of rotatable bonds is 2. The first-order valence-corrected chi connectivity index (χ1v) is 6.41. The van der Waals surface area contributed by atoms with Gasteiger partial charge in [-0.15, -0.1) is 0 Å². The Morgan fingerprint density at radius 2 is 2.06 bits per heavy atom. The lowest BCUT2D eigenvalue weighted by Gasteiger charge is -2.34. The fraction of sp³-hybridized carbons (Fsp3) is 0.692. The predicted octanol–water partition coefficient (Wildman–Crippen LogP) is 2.02. The van der Waals surface area contributed by atoms with Gasteiger partial charge in [-0.1, -0.05) is 13.8 Å². The molecule has 1 saturated heterocycles. The predicted molar refractivity (Wildman–Crippen MR) is 66.7 cm³/mol. The van der Waals surface area contributed by atoms with Gasteiger partial charge in [0.25, 0.3) is 5.91 Å². The maximum Gasteiger partial charge on any atom is 0.257 e. The molecule has 0 radical (unpaired) electrons. The van der Waals surface area contributed by atoms with Gasteiger partial charge in [-0.3, -0.25) is 9.48 Å².